The molecule has 1 unspecified atom stereocenters. The summed E-state index contributed by atoms with van der Waals surface area (Å²) in [6, 6.07) is 16.4. The van der Waals surface area contributed by atoms with E-state index in [1.807, 2.05) is 24.4 Å². The molecule has 1 atom stereocenters. The number of amides is 1. The Morgan fingerprint density at radius 1 is 1.07 bits per heavy atom. The number of aryl methyl sites for hydroxylation is 1. The van der Waals surface area contributed by atoms with E-state index in [2.05, 4.69) is 46.7 Å². The van der Waals surface area contributed by atoms with Crippen LogP contribution in [-0.2, 0) is 11.3 Å². The van der Waals surface area contributed by atoms with Crippen LogP contribution in [0.25, 0.3) is 22.5 Å². The molecule has 0 radical (unpaired) electrons. The summed E-state index contributed by atoms with van der Waals surface area (Å²) in [5, 5.41) is 0.744. The Morgan fingerprint density at radius 3 is 2.57 bits per heavy atom. The van der Waals surface area contributed by atoms with Crippen LogP contribution in [0, 0.1) is 18.8 Å². The van der Waals surface area contributed by atoms with Gasteiger partial charge in [0.1, 0.15) is 5.82 Å². The first-order valence-corrected chi connectivity index (χ1v) is 11.1. The van der Waals surface area contributed by atoms with Gasteiger partial charge in [-0.15, -0.1) is 0 Å². The molecule has 154 valence electrons. The highest BCUT2D eigenvalue weighted by Crippen LogP contribution is 2.33. The number of rotatable bonds is 5. The number of benzene rings is 2. The second-order valence-electron chi connectivity index (χ2n) is 8.63. The third kappa shape index (κ3) is 3.89. The molecule has 5 rings (SSSR count). The third-order valence-corrected chi connectivity index (χ3v) is 6.56. The van der Waals surface area contributed by atoms with E-state index >= 15 is 0 Å². The number of hydrogen-bond acceptors (Lipinski definition) is 2. The van der Waals surface area contributed by atoms with Gasteiger partial charge in [-0.1, -0.05) is 48.0 Å². The van der Waals surface area contributed by atoms with Crippen molar-refractivity contribution in [3.05, 3.63) is 65.4 Å². The number of halogens is 1. The van der Waals surface area contributed by atoms with Gasteiger partial charge >= 0.3 is 0 Å². The van der Waals surface area contributed by atoms with Crippen LogP contribution in [0.4, 0.5) is 0 Å². The zero-order valence-corrected chi connectivity index (χ0v) is 18.0. The lowest BCUT2D eigenvalue weighted by Crippen LogP contribution is -2.30. The molecular formula is C25H26ClN3O. The normalized spacial score (nSPS) is 18.7. The summed E-state index contributed by atoms with van der Waals surface area (Å²) in [4.78, 5) is 19.2. The summed E-state index contributed by atoms with van der Waals surface area (Å²) in [7, 11) is 0. The Hall–Kier alpha value is -2.59. The van der Waals surface area contributed by atoms with Crippen LogP contribution in [0.15, 0.2) is 54.7 Å². The van der Waals surface area contributed by atoms with E-state index in [9.17, 15) is 4.79 Å². The number of nitrogens with zero attached hydrogens (tertiary/aromatic N) is 3. The van der Waals surface area contributed by atoms with Gasteiger partial charge in [0.15, 0.2) is 0 Å². The van der Waals surface area contributed by atoms with Crippen molar-refractivity contribution in [1.29, 1.82) is 0 Å². The molecule has 2 fully saturated rings. The average molecular weight is 420 g/mol. The summed E-state index contributed by atoms with van der Waals surface area (Å²) in [5.41, 5.74) is 4.52. The van der Waals surface area contributed by atoms with Crippen molar-refractivity contribution in [3.8, 4) is 22.5 Å². The molecule has 1 aromatic heterocycles. The van der Waals surface area contributed by atoms with E-state index in [0.29, 0.717) is 17.7 Å². The number of hydrogen-bond donors (Lipinski definition) is 0. The molecule has 3 aromatic rings. The fourth-order valence-corrected chi connectivity index (χ4v) is 4.62. The molecule has 0 bridgehead atoms. The standard InChI is InChI=1S/C25H26ClN3O/c1-17-14-27-24(20-7-5-19(6-8-20)22-3-2-4-23(26)13-22)29(17)16-18-11-12-28(15-18)25(30)21-9-10-21/h2-8,13-14,18,21H,9-12,15-16H2,1H3. The van der Waals surface area contributed by atoms with Crippen molar-refractivity contribution in [2.75, 3.05) is 13.1 Å². The Morgan fingerprint density at radius 2 is 1.83 bits per heavy atom. The Labute approximate surface area is 182 Å². The second-order valence-corrected chi connectivity index (χ2v) is 9.07. The monoisotopic (exact) mass is 419 g/mol. The molecule has 4 nitrogen and oxygen atoms in total. The molecule has 2 aromatic carbocycles. The molecule has 2 aliphatic rings. The van der Waals surface area contributed by atoms with Gasteiger partial charge in [-0.2, -0.15) is 0 Å². The molecule has 1 amide bonds. The first kappa shape index (κ1) is 19.4. The average Bonchev–Trinajstić information content (AvgIpc) is 3.40. The zero-order chi connectivity index (χ0) is 20.7. The van der Waals surface area contributed by atoms with Crippen molar-refractivity contribution in [3.63, 3.8) is 0 Å². The van der Waals surface area contributed by atoms with Crippen molar-refractivity contribution in [2.24, 2.45) is 11.8 Å². The lowest BCUT2D eigenvalue weighted by molar-refractivity contribution is -0.131. The molecule has 0 N–H and O–H groups in total. The highest BCUT2D eigenvalue weighted by molar-refractivity contribution is 6.30. The highest BCUT2D eigenvalue weighted by Gasteiger charge is 2.36. The minimum absolute atomic E-state index is 0.312. The van der Waals surface area contributed by atoms with E-state index in [0.717, 1.165) is 72.1 Å². The Bertz CT molecular complexity index is 1070. The summed E-state index contributed by atoms with van der Waals surface area (Å²) < 4.78 is 2.31. The molecule has 1 aliphatic heterocycles. The maximum atomic E-state index is 12.4. The maximum absolute atomic E-state index is 12.4. The fourth-order valence-electron chi connectivity index (χ4n) is 4.43. The fraction of sp³-hybridized carbons (Fsp3) is 0.360. The molecule has 1 saturated heterocycles. The molecule has 1 saturated carbocycles. The Kier molecular flexibility index (Phi) is 5.11. The number of carbonyl (C=O) groups excluding carboxylic acids is 1. The van der Waals surface area contributed by atoms with Crippen LogP contribution in [0.2, 0.25) is 5.02 Å². The van der Waals surface area contributed by atoms with Crippen LogP contribution >= 0.6 is 11.6 Å². The molecule has 0 spiro atoms. The van der Waals surface area contributed by atoms with Crippen LogP contribution in [0.3, 0.4) is 0 Å². The minimum Gasteiger partial charge on any atom is -0.342 e. The minimum atomic E-state index is 0.312. The lowest BCUT2D eigenvalue weighted by atomic mass is 10.0. The van der Waals surface area contributed by atoms with E-state index in [1.165, 1.54) is 0 Å². The van der Waals surface area contributed by atoms with Crippen LogP contribution in [0.5, 0.6) is 0 Å². The first-order valence-electron chi connectivity index (χ1n) is 10.8. The summed E-state index contributed by atoms with van der Waals surface area (Å²) in [6.07, 6.45) is 5.18. The molecule has 5 heteroatoms. The smallest absolute Gasteiger partial charge is 0.225 e. The second kappa shape index (κ2) is 7.92. The van der Waals surface area contributed by atoms with Crippen LogP contribution < -0.4 is 0 Å². The predicted octanol–water partition coefficient (Wildman–Crippen LogP) is 5.44. The van der Waals surface area contributed by atoms with E-state index in [4.69, 9.17) is 16.6 Å². The molecule has 1 aliphatic carbocycles. The quantitative estimate of drug-likeness (QED) is 0.552. The maximum Gasteiger partial charge on any atom is 0.225 e. The summed E-state index contributed by atoms with van der Waals surface area (Å²) in [6.45, 7) is 4.79. The van der Waals surface area contributed by atoms with E-state index in [1.54, 1.807) is 0 Å². The van der Waals surface area contributed by atoms with Gasteiger partial charge in [0.2, 0.25) is 5.91 Å². The van der Waals surface area contributed by atoms with Crippen molar-refractivity contribution < 1.29 is 4.79 Å². The van der Waals surface area contributed by atoms with Gasteiger partial charge in [0.05, 0.1) is 0 Å². The van der Waals surface area contributed by atoms with Crippen LogP contribution in [0.1, 0.15) is 25.0 Å². The van der Waals surface area contributed by atoms with E-state index < -0.39 is 0 Å². The molecular weight excluding hydrogens is 394 g/mol. The molecule has 30 heavy (non-hydrogen) atoms. The number of likely N-dealkylation sites (tertiary alicyclic amines) is 1. The van der Waals surface area contributed by atoms with Gasteiger partial charge < -0.3 is 9.47 Å². The zero-order valence-electron chi connectivity index (χ0n) is 17.2. The lowest BCUT2D eigenvalue weighted by Gasteiger charge is -2.18. The number of imidazole rings is 1. The topological polar surface area (TPSA) is 38.1 Å². The number of carbonyl (C=O) groups is 1. The number of aromatic nitrogens is 2. The first-order chi connectivity index (χ1) is 14.6. The SMILES string of the molecule is Cc1cnc(-c2ccc(-c3cccc(Cl)c3)cc2)n1CC1CCN(C(=O)C2CC2)C1. The van der Waals surface area contributed by atoms with Gasteiger partial charge in [-0.05, 0) is 55.4 Å². The largest absolute Gasteiger partial charge is 0.342 e. The van der Waals surface area contributed by atoms with Crippen molar-refractivity contribution in [2.45, 2.75) is 32.7 Å². The predicted molar refractivity (Wildman–Crippen MR) is 120 cm³/mol. The van der Waals surface area contributed by atoms with Crippen LogP contribution in [-0.4, -0.2) is 33.4 Å². The van der Waals surface area contributed by atoms with Gasteiger partial charge in [0, 0.05) is 48.0 Å². The summed E-state index contributed by atoms with van der Waals surface area (Å²) in [5.74, 6) is 2.17. The van der Waals surface area contributed by atoms with Gasteiger partial charge in [-0.3, -0.25) is 4.79 Å². The molecule has 2 heterocycles. The van der Waals surface area contributed by atoms with Crippen molar-refractivity contribution in [1.82, 2.24) is 14.5 Å². The van der Waals surface area contributed by atoms with Gasteiger partial charge in [0.25, 0.3) is 0 Å². The summed E-state index contributed by atoms with van der Waals surface area (Å²) >= 11 is 6.14. The third-order valence-electron chi connectivity index (χ3n) is 6.32. The van der Waals surface area contributed by atoms with Crippen molar-refractivity contribution >= 4 is 17.5 Å². The van der Waals surface area contributed by atoms with E-state index in [-0.39, 0.29) is 0 Å². The van der Waals surface area contributed by atoms with Gasteiger partial charge in [-0.25, -0.2) is 4.98 Å². The highest BCUT2D eigenvalue weighted by atomic mass is 35.5. The Balaban J connectivity index is 1.33.